The minimum absolute atomic E-state index is 0.0881. The first-order valence-corrected chi connectivity index (χ1v) is 12.3. The summed E-state index contributed by atoms with van der Waals surface area (Å²) < 4.78 is 77.5. The first-order valence-electron chi connectivity index (χ1n) is 10.8. The van der Waals surface area contributed by atoms with E-state index in [9.17, 15) is 26.4 Å². The lowest BCUT2D eigenvalue weighted by Gasteiger charge is -2.25. The number of aryl methyl sites for hydroxylation is 1. The fourth-order valence-electron chi connectivity index (χ4n) is 3.37. The molecule has 192 valence electrons. The molecule has 0 heterocycles. The number of alkyl halides is 3. The average Bonchev–Trinajstić information content (AvgIpc) is 2.83. The molecule has 7 nitrogen and oxygen atoms in total. The predicted molar refractivity (Wildman–Crippen MR) is 130 cm³/mol. The van der Waals surface area contributed by atoms with E-state index in [4.69, 9.17) is 9.47 Å². The van der Waals surface area contributed by atoms with Crippen LogP contribution in [0.2, 0.25) is 0 Å². The molecular formula is C25H25F3N2O5S. The summed E-state index contributed by atoms with van der Waals surface area (Å²) in [5, 5.41) is 2.45. The van der Waals surface area contributed by atoms with Gasteiger partial charge in [-0.15, -0.1) is 0 Å². The first-order chi connectivity index (χ1) is 17.0. The van der Waals surface area contributed by atoms with Crippen LogP contribution in [0, 0.1) is 6.92 Å². The number of halogens is 3. The number of carbonyl (C=O) groups excluding carboxylic acids is 1. The Morgan fingerprint density at radius 3 is 2.19 bits per heavy atom. The van der Waals surface area contributed by atoms with Gasteiger partial charge in [0, 0.05) is 5.69 Å². The summed E-state index contributed by atoms with van der Waals surface area (Å²) in [5.74, 6) is -0.139. The Balaban J connectivity index is 1.96. The number of anilines is 2. The summed E-state index contributed by atoms with van der Waals surface area (Å²) >= 11 is 0. The van der Waals surface area contributed by atoms with Crippen molar-refractivity contribution in [2.24, 2.45) is 0 Å². The van der Waals surface area contributed by atoms with E-state index in [1.807, 2.05) is 0 Å². The second kappa shape index (κ2) is 10.9. The topological polar surface area (TPSA) is 84.9 Å². The molecule has 0 aliphatic rings. The molecule has 3 aromatic carbocycles. The van der Waals surface area contributed by atoms with Gasteiger partial charge in [-0.1, -0.05) is 6.07 Å². The van der Waals surface area contributed by atoms with Crippen molar-refractivity contribution >= 4 is 27.3 Å². The smallest absolute Gasteiger partial charge is 0.416 e. The lowest BCUT2D eigenvalue weighted by molar-refractivity contribution is -0.137. The number of benzene rings is 3. The highest BCUT2D eigenvalue weighted by Gasteiger charge is 2.31. The van der Waals surface area contributed by atoms with Crippen LogP contribution in [0.1, 0.15) is 18.1 Å². The van der Waals surface area contributed by atoms with E-state index in [0.717, 1.165) is 28.6 Å². The van der Waals surface area contributed by atoms with Gasteiger partial charge in [0.05, 0.1) is 25.0 Å². The number of sulfonamides is 1. The molecule has 1 N–H and O–H groups in total. The Hall–Kier alpha value is -3.73. The number of hydrogen-bond donors (Lipinski definition) is 1. The van der Waals surface area contributed by atoms with Crippen LogP contribution in [0.3, 0.4) is 0 Å². The molecule has 11 heteroatoms. The lowest BCUT2D eigenvalue weighted by atomic mass is 10.2. The second-order valence-electron chi connectivity index (χ2n) is 7.72. The number of carbonyl (C=O) groups is 1. The van der Waals surface area contributed by atoms with Gasteiger partial charge in [-0.3, -0.25) is 9.10 Å². The molecule has 1 amide bonds. The zero-order chi connectivity index (χ0) is 26.5. The van der Waals surface area contributed by atoms with Gasteiger partial charge in [-0.2, -0.15) is 13.2 Å². The van der Waals surface area contributed by atoms with Gasteiger partial charge in [0.1, 0.15) is 22.9 Å². The molecule has 0 aliphatic heterocycles. The summed E-state index contributed by atoms with van der Waals surface area (Å²) in [7, 11) is -2.96. The predicted octanol–water partition coefficient (Wildman–Crippen LogP) is 5.26. The Morgan fingerprint density at radius 1 is 1.00 bits per heavy atom. The molecule has 3 rings (SSSR count). The maximum Gasteiger partial charge on any atom is 0.416 e. The first kappa shape index (κ1) is 26.9. The van der Waals surface area contributed by atoms with Gasteiger partial charge in [0.25, 0.3) is 10.0 Å². The molecule has 0 saturated heterocycles. The van der Waals surface area contributed by atoms with Crippen molar-refractivity contribution in [3.8, 4) is 11.5 Å². The van der Waals surface area contributed by atoms with Crippen molar-refractivity contribution in [2.75, 3.05) is 29.9 Å². The van der Waals surface area contributed by atoms with Gasteiger partial charge in [0.15, 0.2) is 0 Å². The normalized spacial score (nSPS) is 11.6. The van der Waals surface area contributed by atoms with E-state index >= 15 is 0 Å². The number of nitrogens with zero attached hydrogens (tertiary/aromatic N) is 1. The zero-order valence-corrected chi connectivity index (χ0v) is 20.6. The molecule has 0 saturated carbocycles. The third-order valence-electron chi connectivity index (χ3n) is 5.11. The number of ether oxygens (including phenoxy) is 2. The van der Waals surface area contributed by atoms with Crippen LogP contribution in [0.15, 0.2) is 71.6 Å². The minimum Gasteiger partial charge on any atom is -0.495 e. The molecule has 36 heavy (non-hydrogen) atoms. The molecule has 0 unspecified atom stereocenters. The number of rotatable bonds is 9. The van der Waals surface area contributed by atoms with E-state index in [-0.39, 0.29) is 22.0 Å². The van der Waals surface area contributed by atoms with Crippen LogP contribution in [0.25, 0.3) is 0 Å². The van der Waals surface area contributed by atoms with Gasteiger partial charge in [-0.25, -0.2) is 8.42 Å². The van der Waals surface area contributed by atoms with Crippen LogP contribution >= 0.6 is 0 Å². The Morgan fingerprint density at radius 2 is 1.64 bits per heavy atom. The maximum absolute atomic E-state index is 13.7. The molecule has 0 aliphatic carbocycles. The van der Waals surface area contributed by atoms with Crippen LogP contribution in [-0.4, -0.2) is 34.6 Å². The fraction of sp³-hybridized carbons (Fsp3) is 0.240. The highest BCUT2D eigenvalue weighted by Crippen LogP contribution is 2.32. The van der Waals surface area contributed by atoms with Crippen LogP contribution < -0.4 is 19.1 Å². The van der Waals surface area contributed by atoms with Crippen molar-refractivity contribution < 1.29 is 35.9 Å². The summed E-state index contributed by atoms with van der Waals surface area (Å²) in [6, 6.07) is 14.6. The minimum atomic E-state index is -4.52. The highest BCUT2D eigenvalue weighted by atomic mass is 32.2. The molecule has 0 fully saturated rings. The van der Waals surface area contributed by atoms with E-state index in [0.29, 0.717) is 17.9 Å². The van der Waals surface area contributed by atoms with Crippen molar-refractivity contribution in [2.45, 2.75) is 24.9 Å². The van der Waals surface area contributed by atoms with Crippen LogP contribution in [0.4, 0.5) is 24.5 Å². The Bertz CT molecular complexity index is 1310. The standard InChI is InChI=1S/C25H25F3N2O5S/c1-4-35-21-12-10-20(11-13-21)30(36(32,33)23-15-17(2)5-14-22(23)34-3)16-24(31)29-19-8-6-18(7-9-19)25(26,27)28/h5-15H,4,16H2,1-3H3,(H,29,31). The molecule has 0 radical (unpaired) electrons. The summed E-state index contributed by atoms with van der Waals surface area (Å²) in [4.78, 5) is 12.7. The van der Waals surface area contributed by atoms with Crippen molar-refractivity contribution in [3.63, 3.8) is 0 Å². The quantitative estimate of drug-likeness (QED) is 0.415. The van der Waals surface area contributed by atoms with E-state index in [2.05, 4.69) is 5.32 Å². The lowest BCUT2D eigenvalue weighted by Crippen LogP contribution is -2.38. The van der Waals surface area contributed by atoms with Gasteiger partial charge >= 0.3 is 6.18 Å². The van der Waals surface area contributed by atoms with Crippen LogP contribution in [0.5, 0.6) is 11.5 Å². The molecule has 0 aromatic heterocycles. The number of hydrogen-bond acceptors (Lipinski definition) is 5. The Labute approximate surface area is 207 Å². The van der Waals surface area contributed by atoms with E-state index < -0.39 is 34.2 Å². The molecule has 0 atom stereocenters. The molecule has 3 aromatic rings. The van der Waals surface area contributed by atoms with Crippen molar-refractivity contribution in [1.82, 2.24) is 0 Å². The van der Waals surface area contributed by atoms with Gasteiger partial charge in [0.2, 0.25) is 5.91 Å². The summed E-state index contributed by atoms with van der Waals surface area (Å²) in [6.07, 6.45) is -4.52. The highest BCUT2D eigenvalue weighted by molar-refractivity contribution is 7.93. The monoisotopic (exact) mass is 522 g/mol. The van der Waals surface area contributed by atoms with E-state index in [1.165, 1.54) is 31.4 Å². The Kier molecular flexibility index (Phi) is 8.13. The van der Waals surface area contributed by atoms with E-state index in [1.54, 1.807) is 32.0 Å². The number of nitrogens with one attached hydrogen (secondary N) is 1. The maximum atomic E-state index is 13.7. The fourth-order valence-corrected chi connectivity index (χ4v) is 5.03. The zero-order valence-electron chi connectivity index (χ0n) is 19.8. The summed E-state index contributed by atoms with van der Waals surface area (Å²) in [6.45, 7) is 3.29. The van der Waals surface area contributed by atoms with Crippen molar-refractivity contribution in [1.29, 1.82) is 0 Å². The number of amides is 1. The van der Waals surface area contributed by atoms with Gasteiger partial charge < -0.3 is 14.8 Å². The third kappa shape index (κ3) is 6.28. The van der Waals surface area contributed by atoms with Gasteiger partial charge in [-0.05, 0) is 80.1 Å². The molecule has 0 spiro atoms. The second-order valence-corrected chi connectivity index (χ2v) is 9.55. The average molecular weight is 523 g/mol. The van der Waals surface area contributed by atoms with Crippen LogP contribution in [-0.2, 0) is 21.0 Å². The molecular weight excluding hydrogens is 497 g/mol. The summed E-state index contributed by atoms with van der Waals surface area (Å²) in [5.41, 5.74) is 0.0654. The number of methoxy groups -OCH3 is 1. The third-order valence-corrected chi connectivity index (χ3v) is 6.90. The SMILES string of the molecule is CCOc1ccc(N(CC(=O)Nc2ccc(C(F)(F)F)cc2)S(=O)(=O)c2cc(C)ccc2OC)cc1. The molecule has 0 bridgehead atoms. The van der Waals surface area contributed by atoms with Crippen molar-refractivity contribution in [3.05, 3.63) is 77.9 Å². The largest absolute Gasteiger partial charge is 0.495 e.